The smallest absolute Gasteiger partial charge is 0.407 e. The van der Waals surface area contributed by atoms with Gasteiger partial charge in [0.15, 0.2) is 6.35 Å². The molecule has 1 aliphatic rings. The molecular formula is C40H49N2O8PS. The van der Waals surface area contributed by atoms with Gasteiger partial charge in [-0.1, -0.05) is 80.6 Å². The van der Waals surface area contributed by atoms with E-state index in [9.17, 15) is 14.1 Å². The van der Waals surface area contributed by atoms with Crippen molar-refractivity contribution >= 4 is 25.5 Å². The van der Waals surface area contributed by atoms with Crippen molar-refractivity contribution < 1.29 is 37.4 Å². The van der Waals surface area contributed by atoms with Gasteiger partial charge in [0.25, 0.3) is 0 Å². The van der Waals surface area contributed by atoms with Crippen LogP contribution >= 0.6 is 8.38 Å². The Morgan fingerprint density at radius 3 is 2.10 bits per heavy atom. The molecule has 0 aliphatic carbocycles. The van der Waals surface area contributed by atoms with Gasteiger partial charge in [-0.05, 0) is 79.3 Å². The third kappa shape index (κ3) is 12.9. The Kier molecular flexibility index (Phi) is 15.8. The first-order valence-electron chi connectivity index (χ1n) is 17.7. The molecule has 1 amide bonds. The Morgan fingerprint density at radius 2 is 1.50 bits per heavy atom. The van der Waals surface area contributed by atoms with Crippen LogP contribution < -0.4 is 19.1 Å². The van der Waals surface area contributed by atoms with Crippen molar-refractivity contribution in [2.75, 3.05) is 39.3 Å². The highest BCUT2D eigenvalue weighted by Gasteiger charge is 2.32. The summed E-state index contributed by atoms with van der Waals surface area (Å²) in [5, 5.41) is 12.5. The van der Waals surface area contributed by atoms with Gasteiger partial charge in [-0.3, -0.25) is 0 Å². The molecule has 1 saturated heterocycles. The summed E-state index contributed by atoms with van der Waals surface area (Å²) in [4.78, 5) is 13.7. The Labute approximate surface area is 310 Å². The summed E-state index contributed by atoms with van der Waals surface area (Å²) in [6.07, 6.45) is 0.934. The molecule has 4 atom stereocenters. The lowest BCUT2D eigenvalue weighted by Crippen LogP contribution is -2.42. The number of hydrogen-bond acceptors (Lipinski definition) is 8. The van der Waals surface area contributed by atoms with Crippen molar-refractivity contribution in [3.8, 4) is 17.2 Å². The zero-order valence-corrected chi connectivity index (χ0v) is 31.5. The highest BCUT2D eigenvalue weighted by Crippen LogP contribution is 2.40. The van der Waals surface area contributed by atoms with Gasteiger partial charge in [0.2, 0.25) is 0 Å². The van der Waals surface area contributed by atoms with Gasteiger partial charge in [0.05, 0.1) is 18.1 Å². The lowest BCUT2D eigenvalue weighted by molar-refractivity contribution is 0.0646. The molecule has 1 unspecified atom stereocenters. The lowest BCUT2D eigenvalue weighted by atomic mass is 10.0. The number of nitrogens with zero attached hydrogens (tertiary/aromatic N) is 1. The van der Waals surface area contributed by atoms with Crippen molar-refractivity contribution in [2.24, 2.45) is 11.8 Å². The van der Waals surface area contributed by atoms with Crippen LogP contribution in [0.3, 0.4) is 0 Å². The maximum absolute atomic E-state index is 14.0. The van der Waals surface area contributed by atoms with Gasteiger partial charge in [-0.15, -0.1) is 0 Å². The monoisotopic (exact) mass is 748 g/mol. The highest BCUT2D eigenvalue weighted by molar-refractivity contribution is 7.82. The minimum atomic E-state index is -1.47. The van der Waals surface area contributed by atoms with E-state index in [1.165, 1.54) is 0 Å². The van der Waals surface area contributed by atoms with Crippen molar-refractivity contribution in [2.45, 2.75) is 50.2 Å². The predicted molar refractivity (Wildman–Crippen MR) is 204 cm³/mol. The van der Waals surface area contributed by atoms with Crippen LogP contribution in [0.4, 0.5) is 4.79 Å². The van der Waals surface area contributed by atoms with Gasteiger partial charge >= 0.3 is 14.5 Å². The number of para-hydroxylation sites is 2. The largest absolute Gasteiger partial charge is 0.482 e. The number of alkyl carbamates (subject to hydrolysis) is 1. The molecule has 0 aromatic heterocycles. The van der Waals surface area contributed by atoms with Gasteiger partial charge in [-0.25, -0.2) is 13.3 Å². The molecule has 1 heterocycles. The fraction of sp³-hybridized carbons (Fsp3) is 0.375. The maximum Gasteiger partial charge on any atom is 0.407 e. The van der Waals surface area contributed by atoms with E-state index in [1.807, 2.05) is 120 Å². The quantitative estimate of drug-likeness (QED) is 0.0889. The van der Waals surface area contributed by atoms with Crippen LogP contribution in [-0.4, -0.2) is 71.1 Å². The van der Waals surface area contributed by atoms with Gasteiger partial charge in [0, 0.05) is 31.7 Å². The van der Waals surface area contributed by atoms with Crippen LogP contribution in [0.2, 0.25) is 0 Å². The number of carbonyl (C=O) groups is 1. The van der Waals surface area contributed by atoms with Crippen LogP contribution in [0.25, 0.3) is 0 Å². The summed E-state index contributed by atoms with van der Waals surface area (Å²) in [5.74, 6) is 2.22. The van der Waals surface area contributed by atoms with E-state index >= 15 is 0 Å². The van der Waals surface area contributed by atoms with E-state index in [-0.39, 0.29) is 30.8 Å². The summed E-state index contributed by atoms with van der Waals surface area (Å²) in [6, 6.07) is 36.0. The van der Waals surface area contributed by atoms with E-state index in [0.29, 0.717) is 67.7 Å². The summed E-state index contributed by atoms with van der Waals surface area (Å²) in [7, 11) is -2.92. The molecular weight excluding hydrogens is 699 g/mol. The highest BCUT2D eigenvalue weighted by atomic mass is 32.2. The summed E-state index contributed by atoms with van der Waals surface area (Å²) >= 11 is 0. The Morgan fingerprint density at radius 1 is 0.885 bits per heavy atom. The SMILES string of the molecule is CC(C)CN(CC[C@H](Cc1ccccc1)NC(=O)O[C@H]1COC[C@H]1CCO)S(=O)c1ccc(OCP(Oc2ccccc2)Oc2ccccc2)cc1. The molecule has 2 N–H and O–H groups in total. The number of aliphatic hydroxyl groups excluding tert-OH is 1. The van der Waals surface area contributed by atoms with Crippen LogP contribution in [0.15, 0.2) is 120 Å². The number of carbonyl (C=O) groups excluding carboxylic acids is 1. The average Bonchev–Trinajstić information content (AvgIpc) is 3.59. The predicted octanol–water partition coefficient (Wildman–Crippen LogP) is 7.60. The molecule has 0 saturated carbocycles. The van der Waals surface area contributed by atoms with Crippen LogP contribution in [0.5, 0.6) is 17.2 Å². The molecule has 5 rings (SSSR count). The zero-order chi connectivity index (χ0) is 36.5. The fourth-order valence-electron chi connectivity index (χ4n) is 5.75. The fourth-order valence-corrected chi connectivity index (χ4v) is 8.24. The number of amides is 1. The Balaban J connectivity index is 1.21. The first-order valence-corrected chi connectivity index (χ1v) is 20.2. The van der Waals surface area contributed by atoms with E-state index in [1.54, 1.807) is 0 Å². The topological polar surface area (TPSA) is 116 Å². The molecule has 0 bridgehead atoms. The summed E-state index contributed by atoms with van der Waals surface area (Å²) in [6.45, 7) is 6.07. The van der Waals surface area contributed by atoms with Crippen molar-refractivity contribution in [3.05, 3.63) is 121 Å². The first-order chi connectivity index (χ1) is 25.4. The van der Waals surface area contributed by atoms with Crippen molar-refractivity contribution in [1.29, 1.82) is 0 Å². The number of hydrogen-bond donors (Lipinski definition) is 2. The van der Waals surface area contributed by atoms with Crippen molar-refractivity contribution in [1.82, 2.24) is 9.62 Å². The molecule has 0 spiro atoms. The molecule has 10 nitrogen and oxygen atoms in total. The molecule has 1 fully saturated rings. The molecule has 278 valence electrons. The van der Waals surface area contributed by atoms with Crippen molar-refractivity contribution in [3.63, 3.8) is 0 Å². The van der Waals surface area contributed by atoms with Gasteiger partial charge in [0.1, 0.15) is 34.3 Å². The molecule has 12 heteroatoms. The standard InChI is InChI=1S/C40H49N2O8PS/c1-31(2)27-42(24-22-34(26-32-12-6-3-7-13-32)41-40(44)48-39-29-46-28-33(39)23-25-43)52(45)38-20-18-35(19-21-38)47-30-51(49-36-14-8-4-9-15-36)50-37-16-10-5-11-17-37/h3-21,31,33-34,39,43H,22-30H2,1-2H3,(H,41,44)/t33-,34-,39+,52?/m1/s1. The van der Waals surface area contributed by atoms with Gasteiger partial charge < -0.3 is 33.7 Å². The number of benzene rings is 4. The second kappa shape index (κ2) is 20.9. The Bertz CT molecular complexity index is 1590. The normalized spacial score (nSPS) is 16.8. The summed E-state index contributed by atoms with van der Waals surface area (Å²) < 4.78 is 45.6. The van der Waals surface area contributed by atoms with E-state index in [0.717, 1.165) is 5.56 Å². The number of ether oxygens (including phenoxy) is 3. The van der Waals surface area contributed by atoms with Crippen LogP contribution in [-0.2, 0) is 26.9 Å². The first kappa shape index (κ1) is 39.2. The summed E-state index contributed by atoms with van der Waals surface area (Å²) in [5.41, 5.74) is 1.08. The third-order valence-corrected chi connectivity index (χ3v) is 11.0. The number of aliphatic hydroxyl groups is 1. The second-order valence-electron chi connectivity index (χ2n) is 13.0. The number of nitrogens with one attached hydrogen (secondary N) is 1. The van der Waals surface area contributed by atoms with E-state index in [2.05, 4.69) is 19.2 Å². The molecule has 52 heavy (non-hydrogen) atoms. The van der Waals surface area contributed by atoms with Gasteiger partial charge in [-0.2, -0.15) is 0 Å². The molecule has 4 aromatic carbocycles. The molecule has 4 aromatic rings. The minimum Gasteiger partial charge on any atom is -0.482 e. The molecule has 1 aliphatic heterocycles. The average molecular weight is 749 g/mol. The van der Waals surface area contributed by atoms with E-state index in [4.69, 9.17) is 23.3 Å². The minimum absolute atomic E-state index is 0.0132. The van der Waals surface area contributed by atoms with Crippen LogP contribution in [0, 0.1) is 11.8 Å². The zero-order valence-electron chi connectivity index (χ0n) is 29.8. The Hall–Kier alpha value is -3.99. The second-order valence-corrected chi connectivity index (χ2v) is 15.8. The lowest BCUT2D eigenvalue weighted by Gasteiger charge is -2.27. The molecule has 0 radical (unpaired) electrons. The number of rotatable bonds is 20. The third-order valence-electron chi connectivity index (χ3n) is 8.34. The van der Waals surface area contributed by atoms with E-state index < -0.39 is 31.6 Å². The maximum atomic E-state index is 14.0. The van der Waals surface area contributed by atoms with Crippen LogP contribution in [0.1, 0.15) is 32.3 Å².